The van der Waals surface area contributed by atoms with E-state index in [0.717, 1.165) is 23.4 Å². The molecule has 0 aliphatic carbocycles. The van der Waals surface area contributed by atoms with Crippen molar-refractivity contribution < 1.29 is 0 Å². The average molecular weight is 228 g/mol. The maximum atomic E-state index is 8.93. The number of hydrogen-bond acceptors (Lipinski definition) is 2. The molecule has 1 aromatic carbocycles. The molecule has 1 aromatic rings. The highest BCUT2D eigenvalue weighted by atomic mass is 15.2. The third-order valence-corrected chi connectivity index (χ3v) is 2.76. The fourth-order valence-electron chi connectivity index (χ4n) is 1.84. The molecule has 0 saturated heterocycles. The van der Waals surface area contributed by atoms with Crippen LogP contribution in [0.3, 0.4) is 0 Å². The number of benzene rings is 1. The van der Waals surface area contributed by atoms with Gasteiger partial charge in [0.15, 0.2) is 0 Å². The van der Waals surface area contributed by atoms with Gasteiger partial charge in [0.1, 0.15) is 0 Å². The summed E-state index contributed by atoms with van der Waals surface area (Å²) < 4.78 is 0. The quantitative estimate of drug-likeness (QED) is 0.738. The van der Waals surface area contributed by atoms with Crippen molar-refractivity contribution in [3.05, 3.63) is 42.0 Å². The van der Waals surface area contributed by atoms with Crippen molar-refractivity contribution >= 4 is 5.69 Å². The SMILES string of the molecule is C=CCN(c1ccc(C#N)c(C)c1)C(C)(C)C. The van der Waals surface area contributed by atoms with Gasteiger partial charge in [-0.05, 0) is 51.5 Å². The van der Waals surface area contributed by atoms with Gasteiger partial charge in [0.25, 0.3) is 0 Å². The Morgan fingerprint density at radius 2 is 2.06 bits per heavy atom. The molecule has 2 nitrogen and oxygen atoms in total. The van der Waals surface area contributed by atoms with Gasteiger partial charge >= 0.3 is 0 Å². The zero-order valence-corrected chi connectivity index (χ0v) is 11.1. The lowest BCUT2D eigenvalue weighted by molar-refractivity contribution is 0.522. The molecule has 0 bridgehead atoms. The van der Waals surface area contributed by atoms with E-state index < -0.39 is 0 Å². The Morgan fingerprint density at radius 3 is 2.47 bits per heavy atom. The molecule has 2 heteroatoms. The van der Waals surface area contributed by atoms with E-state index in [4.69, 9.17) is 5.26 Å². The average Bonchev–Trinajstić information content (AvgIpc) is 2.24. The fourth-order valence-corrected chi connectivity index (χ4v) is 1.84. The fraction of sp³-hybridized carbons (Fsp3) is 0.400. The van der Waals surface area contributed by atoms with E-state index in [0.29, 0.717) is 0 Å². The van der Waals surface area contributed by atoms with Crippen LogP contribution < -0.4 is 4.90 Å². The van der Waals surface area contributed by atoms with Gasteiger partial charge in [0, 0.05) is 17.8 Å². The summed E-state index contributed by atoms with van der Waals surface area (Å²) in [7, 11) is 0. The maximum absolute atomic E-state index is 8.93. The van der Waals surface area contributed by atoms with Gasteiger partial charge < -0.3 is 4.90 Å². The molecule has 0 fully saturated rings. The second kappa shape index (κ2) is 5.05. The second-order valence-electron chi connectivity index (χ2n) is 5.18. The summed E-state index contributed by atoms with van der Waals surface area (Å²) in [6, 6.07) is 8.14. The van der Waals surface area contributed by atoms with Crippen molar-refractivity contribution in [2.24, 2.45) is 0 Å². The number of aryl methyl sites for hydroxylation is 1. The Bertz CT molecular complexity index is 447. The first-order chi connectivity index (χ1) is 7.90. The molecule has 0 spiro atoms. The minimum atomic E-state index is 0.0365. The predicted molar refractivity (Wildman–Crippen MR) is 73.2 cm³/mol. The third kappa shape index (κ3) is 3.10. The van der Waals surface area contributed by atoms with Crippen molar-refractivity contribution in [2.45, 2.75) is 33.2 Å². The Balaban J connectivity index is 3.17. The lowest BCUT2D eigenvalue weighted by atomic mass is 10.0. The van der Waals surface area contributed by atoms with Crippen LogP contribution in [0.2, 0.25) is 0 Å². The van der Waals surface area contributed by atoms with Crippen LogP contribution >= 0.6 is 0 Å². The maximum Gasteiger partial charge on any atom is 0.0994 e. The molecule has 0 unspecified atom stereocenters. The lowest BCUT2D eigenvalue weighted by Crippen LogP contribution is -2.41. The monoisotopic (exact) mass is 228 g/mol. The standard InChI is InChI=1S/C15H20N2/c1-6-9-17(15(3,4)5)14-8-7-13(11-16)12(2)10-14/h6-8,10H,1,9H2,2-5H3. The highest BCUT2D eigenvalue weighted by molar-refractivity contribution is 5.55. The molecule has 90 valence electrons. The third-order valence-electron chi connectivity index (χ3n) is 2.76. The molecular weight excluding hydrogens is 208 g/mol. The molecule has 0 saturated carbocycles. The van der Waals surface area contributed by atoms with Crippen molar-refractivity contribution in [3.63, 3.8) is 0 Å². The van der Waals surface area contributed by atoms with Crippen LogP contribution in [-0.2, 0) is 0 Å². The summed E-state index contributed by atoms with van der Waals surface area (Å²) >= 11 is 0. The molecule has 0 heterocycles. The van der Waals surface area contributed by atoms with Crippen LogP contribution in [0.15, 0.2) is 30.9 Å². The summed E-state index contributed by atoms with van der Waals surface area (Å²) in [5, 5.41) is 8.93. The van der Waals surface area contributed by atoms with Crippen molar-refractivity contribution in [1.82, 2.24) is 0 Å². The molecule has 0 aliphatic heterocycles. The molecule has 0 N–H and O–H groups in total. The van der Waals surface area contributed by atoms with Crippen LogP contribution in [0.25, 0.3) is 0 Å². The molecule has 0 amide bonds. The summed E-state index contributed by atoms with van der Waals surface area (Å²) in [6.45, 7) is 13.1. The van der Waals surface area contributed by atoms with Gasteiger partial charge in [0.2, 0.25) is 0 Å². The second-order valence-corrected chi connectivity index (χ2v) is 5.18. The topological polar surface area (TPSA) is 27.0 Å². The molecule has 0 aliphatic rings. The van der Waals surface area contributed by atoms with E-state index in [1.807, 2.05) is 25.1 Å². The van der Waals surface area contributed by atoms with Crippen LogP contribution in [0.5, 0.6) is 0 Å². The Hall–Kier alpha value is -1.75. The van der Waals surface area contributed by atoms with E-state index in [1.54, 1.807) is 0 Å². The highest BCUT2D eigenvalue weighted by Gasteiger charge is 2.20. The highest BCUT2D eigenvalue weighted by Crippen LogP contribution is 2.25. The van der Waals surface area contributed by atoms with E-state index >= 15 is 0 Å². The number of nitrogens with zero attached hydrogens (tertiary/aromatic N) is 2. The van der Waals surface area contributed by atoms with Gasteiger partial charge in [-0.3, -0.25) is 0 Å². The molecular formula is C15H20N2. The largest absolute Gasteiger partial charge is 0.363 e. The zero-order chi connectivity index (χ0) is 13.1. The van der Waals surface area contributed by atoms with Crippen molar-refractivity contribution in [1.29, 1.82) is 5.26 Å². The van der Waals surface area contributed by atoms with Crippen LogP contribution in [0.1, 0.15) is 31.9 Å². The first-order valence-electron chi connectivity index (χ1n) is 5.79. The Morgan fingerprint density at radius 1 is 1.41 bits per heavy atom. The number of rotatable bonds is 3. The van der Waals surface area contributed by atoms with Crippen molar-refractivity contribution in [2.75, 3.05) is 11.4 Å². The predicted octanol–water partition coefficient (Wildman–Crippen LogP) is 3.66. The Kier molecular flexibility index (Phi) is 3.96. The summed E-state index contributed by atoms with van der Waals surface area (Å²) in [4.78, 5) is 2.27. The Labute approximate surface area is 104 Å². The molecule has 1 rings (SSSR count). The number of hydrogen-bond donors (Lipinski definition) is 0. The van der Waals surface area contributed by atoms with Gasteiger partial charge in [-0.15, -0.1) is 6.58 Å². The molecule has 17 heavy (non-hydrogen) atoms. The van der Waals surface area contributed by atoms with Crippen LogP contribution in [-0.4, -0.2) is 12.1 Å². The summed E-state index contributed by atoms with van der Waals surface area (Å²) in [5.74, 6) is 0. The van der Waals surface area contributed by atoms with E-state index in [1.165, 1.54) is 0 Å². The summed E-state index contributed by atoms with van der Waals surface area (Å²) in [5.41, 5.74) is 2.92. The smallest absolute Gasteiger partial charge is 0.0994 e. The number of nitriles is 1. The van der Waals surface area contributed by atoms with Gasteiger partial charge in [-0.1, -0.05) is 6.08 Å². The zero-order valence-electron chi connectivity index (χ0n) is 11.1. The van der Waals surface area contributed by atoms with E-state index in [2.05, 4.69) is 44.4 Å². The van der Waals surface area contributed by atoms with E-state index in [9.17, 15) is 0 Å². The minimum Gasteiger partial charge on any atom is -0.363 e. The van der Waals surface area contributed by atoms with Crippen LogP contribution in [0, 0.1) is 18.3 Å². The first kappa shape index (κ1) is 13.3. The normalized spacial score (nSPS) is 10.8. The molecule has 0 atom stereocenters. The van der Waals surface area contributed by atoms with Crippen molar-refractivity contribution in [3.8, 4) is 6.07 Å². The number of anilines is 1. The van der Waals surface area contributed by atoms with E-state index in [-0.39, 0.29) is 5.54 Å². The lowest BCUT2D eigenvalue weighted by Gasteiger charge is -2.37. The van der Waals surface area contributed by atoms with Gasteiger partial charge in [0.05, 0.1) is 11.6 Å². The minimum absolute atomic E-state index is 0.0365. The first-order valence-corrected chi connectivity index (χ1v) is 5.79. The molecule has 0 aromatic heterocycles. The van der Waals surface area contributed by atoms with Gasteiger partial charge in [-0.25, -0.2) is 0 Å². The van der Waals surface area contributed by atoms with Crippen LogP contribution in [0.4, 0.5) is 5.69 Å². The van der Waals surface area contributed by atoms with Gasteiger partial charge in [-0.2, -0.15) is 5.26 Å². The molecule has 0 radical (unpaired) electrons. The summed E-state index contributed by atoms with van der Waals surface area (Å²) in [6.07, 6.45) is 1.90.